The second kappa shape index (κ2) is 7.11. The number of halogens is 2. The lowest BCUT2D eigenvalue weighted by Gasteiger charge is -2.38. The maximum atomic E-state index is 13.4. The summed E-state index contributed by atoms with van der Waals surface area (Å²) in [7, 11) is 0. The van der Waals surface area contributed by atoms with Crippen molar-refractivity contribution < 1.29 is 14.1 Å². The molecule has 8 heteroatoms. The quantitative estimate of drug-likeness (QED) is 0.404. The highest BCUT2D eigenvalue weighted by molar-refractivity contribution is 6.30. The number of fused-ring (bicyclic) bond motifs is 3. The zero-order valence-electron chi connectivity index (χ0n) is 15.5. The lowest BCUT2D eigenvalue weighted by Crippen LogP contribution is -2.33. The first-order valence-corrected chi connectivity index (χ1v) is 9.69. The predicted molar refractivity (Wildman–Crippen MR) is 110 cm³/mol. The number of ether oxygens (including phenoxy) is 1. The molecule has 6 nitrogen and oxygen atoms in total. The molecule has 150 valence electrons. The van der Waals surface area contributed by atoms with Gasteiger partial charge in [-0.2, -0.15) is 5.10 Å². The predicted octanol–water partition coefficient (Wildman–Crippen LogP) is 5.63. The largest absolute Gasteiger partial charge is 0.464 e. The molecule has 2 aliphatic rings. The first-order chi connectivity index (χ1) is 14.5. The van der Waals surface area contributed by atoms with Crippen molar-refractivity contribution >= 4 is 23.0 Å². The van der Waals surface area contributed by atoms with E-state index in [0.29, 0.717) is 22.8 Å². The van der Waals surface area contributed by atoms with Gasteiger partial charge in [0, 0.05) is 34.7 Å². The highest BCUT2D eigenvalue weighted by atomic mass is 35.5. The fraction of sp³-hybridized carbons (Fsp3) is 0.136. The third-order valence-electron chi connectivity index (χ3n) is 5.30. The zero-order chi connectivity index (χ0) is 20.8. The topological polar surface area (TPSA) is 68.0 Å². The van der Waals surface area contributed by atoms with Crippen molar-refractivity contribution in [2.45, 2.75) is 18.7 Å². The average molecular weight is 424 g/mol. The molecule has 2 aliphatic heterocycles. The summed E-state index contributed by atoms with van der Waals surface area (Å²) in [6.07, 6.45) is -0.0603. The summed E-state index contributed by atoms with van der Waals surface area (Å²) in [4.78, 5) is 10.8. The number of nitrogens with zero attached hydrogens (tertiary/aromatic N) is 3. The molecule has 0 amide bonds. The molecule has 30 heavy (non-hydrogen) atoms. The summed E-state index contributed by atoms with van der Waals surface area (Å²) >= 11 is 6.22. The molecule has 0 fully saturated rings. The number of benzene rings is 3. The monoisotopic (exact) mass is 423 g/mol. The van der Waals surface area contributed by atoms with Crippen molar-refractivity contribution in [2.75, 3.05) is 0 Å². The first kappa shape index (κ1) is 18.6. The Bertz CT molecular complexity index is 1180. The Morgan fingerprint density at radius 1 is 1.13 bits per heavy atom. The SMILES string of the molecule is O=[N+]([O-])c1cccc(C2Oc3ccc(Cl)cc3C3CC(c4ccc(F)cc4)=NN32)c1. The number of rotatable bonds is 3. The van der Waals surface area contributed by atoms with Crippen LogP contribution in [0.3, 0.4) is 0 Å². The Morgan fingerprint density at radius 3 is 2.70 bits per heavy atom. The summed E-state index contributed by atoms with van der Waals surface area (Å²) in [6.45, 7) is 0. The van der Waals surface area contributed by atoms with Gasteiger partial charge in [0.15, 0.2) is 0 Å². The molecule has 0 bridgehead atoms. The summed E-state index contributed by atoms with van der Waals surface area (Å²) in [5, 5.41) is 18.4. The van der Waals surface area contributed by atoms with Crippen LogP contribution in [0.5, 0.6) is 5.75 Å². The maximum Gasteiger partial charge on any atom is 0.269 e. The minimum atomic E-state index is -0.637. The van der Waals surface area contributed by atoms with E-state index in [1.165, 1.54) is 24.3 Å². The first-order valence-electron chi connectivity index (χ1n) is 9.32. The molecular weight excluding hydrogens is 409 g/mol. The molecule has 3 aromatic rings. The minimum absolute atomic E-state index is 0.0171. The zero-order valence-corrected chi connectivity index (χ0v) is 16.3. The lowest BCUT2D eigenvalue weighted by atomic mass is 9.96. The fourth-order valence-corrected chi connectivity index (χ4v) is 4.07. The van der Waals surface area contributed by atoms with Crippen LogP contribution in [0.2, 0.25) is 5.02 Å². The van der Waals surface area contributed by atoms with Gasteiger partial charge in [-0.15, -0.1) is 0 Å². The number of hydrazone groups is 1. The Hall–Kier alpha value is -3.45. The minimum Gasteiger partial charge on any atom is -0.464 e. The highest BCUT2D eigenvalue weighted by Gasteiger charge is 2.41. The van der Waals surface area contributed by atoms with Crippen LogP contribution in [-0.4, -0.2) is 15.6 Å². The molecule has 0 N–H and O–H groups in total. The summed E-state index contributed by atoms with van der Waals surface area (Å²) in [6, 6.07) is 17.8. The Balaban J connectivity index is 1.60. The molecule has 2 heterocycles. The normalized spacial score (nSPS) is 19.5. The van der Waals surface area contributed by atoms with Gasteiger partial charge < -0.3 is 4.74 Å². The number of nitro benzene ring substituents is 1. The molecular formula is C22H15ClFN3O3. The van der Waals surface area contributed by atoms with Gasteiger partial charge in [0.2, 0.25) is 6.23 Å². The smallest absolute Gasteiger partial charge is 0.269 e. The molecule has 3 aromatic carbocycles. The van der Waals surface area contributed by atoms with Crippen LogP contribution in [0.25, 0.3) is 0 Å². The molecule has 0 saturated carbocycles. The van der Waals surface area contributed by atoms with Crippen molar-refractivity contribution in [2.24, 2.45) is 5.10 Å². The summed E-state index contributed by atoms with van der Waals surface area (Å²) < 4.78 is 19.6. The van der Waals surface area contributed by atoms with Crippen molar-refractivity contribution in [3.63, 3.8) is 0 Å². The fourth-order valence-electron chi connectivity index (χ4n) is 3.89. The van der Waals surface area contributed by atoms with Crippen LogP contribution in [-0.2, 0) is 0 Å². The van der Waals surface area contributed by atoms with E-state index < -0.39 is 11.2 Å². The maximum absolute atomic E-state index is 13.4. The third kappa shape index (κ3) is 3.17. The van der Waals surface area contributed by atoms with E-state index in [0.717, 1.165) is 16.8 Å². The van der Waals surface area contributed by atoms with E-state index in [2.05, 4.69) is 0 Å². The highest BCUT2D eigenvalue weighted by Crippen LogP contribution is 2.48. The van der Waals surface area contributed by atoms with Gasteiger partial charge in [-0.3, -0.25) is 10.1 Å². The van der Waals surface area contributed by atoms with Crippen LogP contribution < -0.4 is 4.74 Å². The van der Waals surface area contributed by atoms with E-state index in [9.17, 15) is 14.5 Å². The van der Waals surface area contributed by atoms with E-state index in [1.807, 2.05) is 6.07 Å². The van der Waals surface area contributed by atoms with E-state index >= 15 is 0 Å². The number of non-ortho nitro benzene ring substituents is 1. The summed E-state index contributed by atoms with van der Waals surface area (Å²) in [5.41, 5.74) is 3.10. The van der Waals surface area contributed by atoms with Crippen LogP contribution >= 0.6 is 11.6 Å². The van der Waals surface area contributed by atoms with Crippen LogP contribution in [0.4, 0.5) is 10.1 Å². The second-order valence-electron chi connectivity index (χ2n) is 7.16. The van der Waals surface area contributed by atoms with Crippen LogP contribution in [0, 0.1) is 15.9 Å². The van der Waals surface area contributed by atoms with Crippen LogP contribution in [0.1, 0.15) is 35.4 Å². The molecule has 2 unspecified atom stereocenters. The third-order valence-corrected chi connectivity index (χ3v) is 5.53. The molecule has 5 rings (SSSR count). The average Bonchev–Trinajstić information content (AvgIpc) is 3.19. The van der Waals surface area contributed by atoms with Gasteiger partial charge in [0.25, 0.3) is 5.69 Å². The number of hydrogen-bond donors (Lipinski definition) is 0. The lowest BCUT2D eigenvalue weighted by molar-refractivity contribution is -0.385. The van der Waals surface area contributed by atoms with Gasteiger partial charge in [-0.05, 0) is 35.9 Å². The molecule has 0 saturated heterocycles. The number of hydrogen-bond acceptors (Lipinski definition) is 5. The van der Waals surface area contributed by atoms with E-state index in [1.54, 1.807) is 41.4 Å². The van der Waals surface area contributed by atoms with Crippen LogP contribution in [0.15, 0.2) is 71.8 Å². The van der Waals surface area contributed by atoms with Crippen molar-refractivity contribution in [3.8, 4) is 5.75 Å². The standard InChI is InChI=1S/C22H15ClFN3O3/c23-15-6-9-21-18(11-15)20-12-19(13-4-7-16(24)8-5-13)25-26(20)22(30-21)14-2-1-3-17(10-14)27(28)29/h1-11,20,22H,12H2. The molecule has 0 radical (unpaired) electrons. The molecule has 0 spiro atoms. The van der Waals surface area contributed by atoms with Gasteiger partial charge in [-0.25, -0.2) is 9.40 Å². The van der Waals surface area contributed by atoms with E-state index in [4.69, 9.17) is 21.4 Å². The second-order valence-corrected chi connectivity index (χ2v) is 7.59. The molecule has 0 aromatic heterocycles. The van der Waals surface area contributed by atoms with Gasteiger partial charge in [0.1, 0.15) is 11.6 Å². The van der Waals surface area contributed by atoms with E-state index in [-0.39, 0.29) is 17.5 Å². The molecule has 2 atom stereocenters. The van der Waals surface area contributed by atoms with Crippen molar-refractivity contribution in [3.05, 3.63) is 104 Å². The number of nitro groups is 1. The van der Waals surface area contributed by atoms with Gasteiger partial charge in [-0.1, -0.05) is 35.9 Å². The van der Waals surface area contributed by atoms with Crippen molar-refractivity contribution in [1.29, 1.82) is 0 Å². The summed E-state index contributed by atoms with van der Waals surface area (Å²) in [5.74, 6) is 0.345. The Morgan fingerprint density at radius 2 is 1.93 bits per heavy atom. The Labute approximate surface area is 176 Å². The van der Waals surface area contributed by atoms with Gasteiger partial charge >= 0.3 is 0 Å². The Kier molecular flexibility index (Phi) is 4.40. The van der Waals surface area contributed by atoms with Gasteiger partial charge in [0.05, 0.1) is 16.7 Å². The van der Waals surface area contributed by atoms with Crippen molar-refractivity contribution in [1.82, 2.24) is 5.01 Å². The molecule has 0 aliphatic carbocycles.